The summed E-state index contributed by atoms with van der Waals surface area (Å²) >= 11 is 2.80. The van der Waals surface area contributed by atoms with Crippen molar-refractivity contribution in [1.82, 2.24) is 0 Å². The summed E-state index contributed by atoms with van der Waals surface area (Å²) in [6, 6.07) is 0.336. The number of rotatable bonds is 2. The van der Waals surface area contributed by atoms with Crippen LogP contribution in [0.15, 0.2) is 10.5 Å². The molecule has 1 atom stereocenters. The average Bonchev–Trinajstić information content (AvgIpc) is 2.09. The molecule has 0 aliphatic carbocycles. The maximum atomic E-state index is 13.3. The summed E-state index contributed by atoms with van der Waals surface area (Å²) < 4.78 is 39.2. The minimum absolute atomic E-state index is 0.0337. The molecule has 14 heavy (non-hydrogen) atoms. The molecule has 0 amide bonds. The first-order valence-corrected chi connectivity index (χ1v) is 4.80. The van der Waals surface area contributed by atoms with Crippen LogP contribution in [0.4, 0.5) is 13.2 Å². The van der Waals surface area contributed by atoms with Crippen LogP contribution in [0.25, 0.3) is 0 Å². The number of hydrogen-bond donors (Lipinski definition) is 1. The molecule has 0 aliphatic heterocycles. The minimum Gasteiger partial charge on any atom is -0.328 e. The Hall–Kier alpha value is -0.550. The second-order valence-corrected chi connectivity index (χ2v) is 3.98. The molecule has 0 aromatic heterocycles. The lowest BCUT2D eigenvalue weighted by Gasteiger charge is -2.09. The van der Waals surface area contributed by atoms with Crippen LogP contribution >= 0.6 is 15.9 Å². The van der Waals surface area contributed by atoms with Gasteiger partial charge in [0.05, 0.1) is 4.47 Å². The zero-order valence-electron chi connectivity index (χ0n) is 7.45. The van der Waals surface area contributed by atoms with E-state index in [1.807, 2.05) is 0 Å². The Morgan fingerprint density at radius 2 is 1.93 bits per heavy atom. The SMILES string of the molecule is CC(N)Cc1c(F)c(F)cc(Br)c1F. The first kappa shape index (κ1) is 11.5. The quantitative estimate of drug-likeness (QED) is 0.820. The number of halogens is 4. The van der Waals surface area contributed by atoms with Crippen molar-refractivity contribution in [2.45, 2.75) is 19.4 Å². The van der Waals surface area contributed by atoms with Gasteiger partial charge in [-0.1, -0.05) is 0 Å². The molecule has 1 aromatic carbocycles. The molecule has 0 fully saturated rings. The predicted molar refractivity (Wildman–Crippen MR) is 51.4 cm³/mol. The van der Waals surface area contributed by atoms with Gasteiger partial charge in [-0.25, -0.2) is 13.2 Å². The van der Waals surface area contributed by atoms with Crippen molar-refractivity contribution in [1.29, 1.82) is 0 Å². The highest BCUT2D eigenvalue weighted by molar-refractivity contribution is 9.10. The van der Waals surface area contributed by atoms with E-state index in [9.17, 15) is 13.2 Å². The minimum atomic E-state index is -1.16. The fourth-order valence-corrected chi connectivity index (χ4v) is 1.56. The Bertz CT molecular complexity index is 326. The van der Waals surface area contributed by atoms with Crippen molar-refractivity contribution < 1.29 is 13.2 Å². The van der Waals surface area contributed by atoms with Crippen molar-refractivity contribution in [3.8, 4) is 0 Å². The van der Waals surface area contributed by atoms with Crippen molar-refractivity contribution in [2.24, 2.45) is 5.73 Å². The van der Waals surface area contributed by atoms with Crippen LogP contribution in [-0.4, -0.2) is 6.04 Å². The molecular weight excluding hydrogens is 259 g/mol. The topological polar surface area (TPSA) is 26.0 Å². The maximum absolute atomic E-state index is 13.3. The van der Waals surface area contributed by atoms with Crippen LogP contribution in [0, 0.1) is 17.5 Å². The Morgan fingerprint density at radius 1 is 1.36 bits per heavy atom. The van der Waals surface area contributed by atoms with Crippen molar-refractivity contribution in [3.63, 3.8) is 0 Å². The molecular formula is C9H9BrF3N. The van der Waals surface area contributed by atoms with Crippen molar-refractivity contribution in [2.75, 3.05) is 0 Å². The van der Waals surface area contributed by atoms with E-state index in [1.165, 1.54) is 0 Å². The first-order valence-electron chi connectivity index (χ1n) is 4.01. The zero-order chi connectivity index (χ0) is 10.9. The largest absolute Gasteiger partial charge is 0.328 e. The van der Waals surface area contributed by atoms with Gasteiger partial charge in [0.25, 0.3) is 0 Å². The van der Waals surface area contributed by atoms with Gasteiger partial charge in [0.15, 0.2) is 11.6 Å². The summed E-state index contributed by atoms with van der Waals surface area (Å²) in [5, 5.41) is 0. The molecule has 5 heteroatoms. The molecule has 78 valence electrons. The maximum Gasteiger partial charge on any atom is 0.165 e. The zero-order valence-corrected chi connectivity index (χ0v) is 9.04. The van der Waals surface area contributed by atoms with Gasteiger partial charge in [-0.2, -0.15) is 0 Å². The molecule has 2 N–H and O–H groups in total. The Kier molecular flexibility index (Phi) is 3.55. The summed E-state index contributed by atoms with van der Waals surface area (Å²) in [4.78, 5) is 0. The van der Waals surface area contributed by atoms with Gasteiger partial charge < -0.3 is 5.73 Å². The summed E-state index contributed by atoms with van der Waals surface area (Å²) in [5.41, 5.74) is 5.08. The van der Waals surface area contributed by atoms with E-state index in [2.05, 4.69) is 15.9 Å². The molecule has 0 aliphatic rings. The fourth-order valence-electron chi connectivity index (χ4n) is 1.12. The van der Waals surface area contributed by atoms with Crippen LogP contribution in [0.2, 0.25) is 0 Å². The molecule has 1 rings (SSSR count). The van der Waals surface area contributed by atoms with E-state index in [0.29, 0.717) is 0 Å². The molecule has 1 unspecified atom stereocenters. The fraction of sp³-hybridized carbons (Fsp3) is 0.333. The van der Waals surface area contributed by atoms with Crippen molar-refractivity contribution in [3.05, 3.63) is 33.6 Å². The molecule has 1 nitrogen and oxygen atoms in total. The number of benzene rings is 1. The van der Waals surface area contributed by atoms with E-state index >= 15 is 0 Å². The highest BCUT2D eigenvalue weighted by Crippen LogP contribution is 2.25. The standard InChI is InChI=1S/C9H9BrF3N/c1-4(14)2-5-8(12)6(10)3-7(11)9(5)13/h3-4H,2,14H2,1H3. The van der Waals surface area contributed by atoms with Gasteiger partial charge in [-0.15, -0.1) is 0 Å². The monoisotopic (exact) mass is 267 g/mol. The van der Waals surface area contributed by atoms with E-state index in [-0.39, 0.29) is 16.5 Å². The summed E-state index contributed by atoms with van der Waals surface area (Å²) in [7, 11) is 0. The Labute approximate surface area is 88.2 Å². The summed E-state index contributed by atoms with van der Waals surface area (Å²) in [5.74, 6) is -3.03. The first-order chi connectivity index (χ1) is 6.43. The van der Waals surface area contributed by atoms with Gasteiger partial charge in [0, 0.05) is 11.6 Å². The Balaban J connectivity index is 3.25. The lowest BCUT2D eigenvalue weighted by Crippen LogP contribution is -2.20. The van der Waals surface area contributed by atoms with Crippen molar-refractivity contribution >= 4 is 15.9 Å². The van der Waals surface area contributed by atoms with Crippen LogP contribution in [-0.2, 0) is 6.42 Å². The van der Waals surface area contributed by atoms with Crippen LogP contribution < -0.4 is 5.73 Å². The predicted octanol–water partition coefficient (Wildman–Crippen LogP) is 2.76. The van der Waals surface area contributed by atoms with E-state index < -0.39 is 23.5 Å². The highest BCUT2D eigenvalue weighted by atomic mass is 79.9. The van der Waals surface area contributed by atoms with Crippen LogP contribution in [0.3, 0.4) is 0 Å². The molecule has 0 bridgehead atoms. The third-order valence-electron chi connectivity index (χ3n) is 1.73. The van der Waals surface area contributed by atoms with Gasteiger partial charge in [-0.3, -0.25) is 0 Å². The lowest BCUT2D eigenvalue weighted by atomic mass is 10.1. The second kappa shape index (κ2) is 4.31. The van der Waals surface area contributed by atoms with E-state index in [0.717, 1.165) is 6.07 Å². The third kappa shape index (κ3) is 2.27. The highest BCUT2D eigenvalue weighted by Gasteiger charge is 2.18. The second-order valence-electron chi connectivity index (χ2n) is 3.13. The van der Waals surface area contributed by atoms with E-state index in [4.69, 9.17) is 5.73 Å². The van der Waals surface area contributed by atoms with Crippen LogP contribution in [0.5, 0.6) is 0 Å². The smallest absolute Gasteiger partial charge is 0.165 e. The third-order valence-corrected chi connectivity index (χ3v) is 2.31. The van der Waals surface area contributed by atoms with Gasteiger partial charge in [0.2, 0.25) is 0 Å². The number of nitrogens with two attached hydrogens (primary N) is 1. The van der Waals surface area contributed by atoms with E-state index in [1.54, 1.807) is 6.92 Å². The number of hydrogen-bond acceptors (Lipinski definition) is 1. The Morgan fingerprint density at radius 3 is 2.43 bits per heavy atom. The molecule has 0 saturated carbocycles. The molecule has 0 heterocycles. The molecule has 0 radical (unpaired) electrons. The van der Waals surface area contributed by atoms with Gasteiger partial charge >= 0.3 is 0 Å². The molecule has 1 aromatic rings. The van der Waals surface area contributed by atoms with Gasteiger partial charge in [-0.05, 0) is 35.3 Å². The van der Waals surface area contributed by atoms with Crippen LogP contribution in [0.1, 0.15) is 12.5 Å². The summed E-state index contributed by atoms with van der Waals surface area (Å²) in [6.45, 7) is 1.59. The summed E-state index contributed by atoms with van der Waals surface area (Å²) in [6.07, 6.45) is -0.0337. The lowest BCUT2D eigenvalue weighted by molar-refractivity contribution is 0.471. The average molecular weight is 268 g/mol. The molecule has 0 saturated heterocycles. The van der Waals surface area contributed by atoms with Gasteiger partial charge in [0.1, 0.15) is 5.82 Å². The molecule has 0 spiro atoms. The normalized spacial score (nSPS) is 13.0.